The smallest absolute Gasteiger partial charge is 0.119 e. The normalized spacial score (nSPS) is 22.2. The molecule has 3 rings (SSSR count). The van der Waals surface area contributed by atoms with Gasteiger partial charge in [0.1, 0.15) is 5.75 Å². The van der Waals surface area contributed by atoms with Crippen molar-refractivity contribution in [3.05, 3.63) is 29.3 Å². The van der Waals surface area contributed by atoms with Gasteiger partial charge in [-0.25, -0.2) is 0 Å². The van der Waals surface area contributed by atoms with Gasteiger partial charge < -0.3 is 10.1 Å². The van der Waals surface area contributed by atoms with E-state index in [2.05, 4.69) is 23.5 Å². The zero-order chi connectivity index (χ0) is 14.5. The number of nitrogens with one attached hydrogen (secondary N) is 1. The summed E-state index contributed by atoms with van der Waals surface area (Å²) in [6, 6.07) is 7.12. The first kappa shape index (κ1) is 14.9. The van der Waals surface area contributed by atoms with Crippen molar-refractivity contribution in [1.82, 2.24) is 5.32 Å². The fraction of sp³-hybridized carbons (Fsp3) is 0.684. The van der Waals surface area contributed by atoms with Crippen LogP contribution in [-0.2, 0) is 6.42 Å². The molecule has 2 heteroatoms. The van der Waals surface area contributed by atoms with Crippen LogP contribution in [0.25, 0.3) is 0 Å². The third-order valence-electron chi connectivity index (χ3n) is 5.32. The quantitative estimate of drug-likeness (QED) is 0.770. The number of ether oxygens (including phenoxy) is 1. The van der Waals surface area contributed by atoms with Gasteiger partial charge in [0.05, 0.1) is 7.11 Å². The summed E-state index contributed by atoms with van der Waals surface area (Å²) >= 11 is 0. The number of fused-ring (bicyclic) bond motifs is 1. The van der Waals surface area contributed by atoms with Gasteiger partial charge in [-0.2, -0.15) is 0 Å². The van der Waals surface area contributed by atoms with Gasteiger partial charge in [0.25, 0.3) is 0 Å². The first-order valence-corrected chi connectivity index (χ1v) is 8.77. The van der Waals surface area contributed by atoms with Crippen molar-refractivity contribution in [2.75, 3.05) is 13.7 Å². The average Bonchev–Trinajstić information content (AvgIpc) is 3.04. The van der Waals surface area contributed by atoms with Gasteiger partial charge in [-0.15, -0.1) is 0 Å². The number of rotatable bonds is 6. The summed E-state index contributed by atoms with van der Waals surface area (Å²) in [5, 5.41) is 3.80. The summed E-state index contributed by atoms with van der Waals surface area (Å²) < 4.78 is 5.39. The Hall–Kier alpha value is -1.02. The van der Waals surface area contributed by atoms with E-state index in [1.54, 1.807) is 7.11 Å². The molecule has 1 unspecified atom stereocenters. The molecule has 1 atom stereocenters. The first-order valence-electron chi connectivity index (χ1n) is 8.77. The van der Waals surface area contributed by atoms with Crippen LogP contribution < -0.4 is 10.1 Å². The van der Waals surface area contributed by atoms with Crippen LogP contribution in [0.3, 0.4) is 0 Å². The lowest BCUT2D eigenvalue weighted by molar-refractivity contribution is 0.404. The molecule has 2 nitrogen and oxygen atoms in total. The SMILES string of the molecule is COc1ccc2c(c1)C(NCCCC1CCCC1)CCC2. The van der Waals surface area contributed by atoms with Crippen molar-refractivity contribution in [2.24, 2.45) is 5.92 Å². The highest BCUT2D eigenvalue weighted by molar-refractivity contribution is 5.39. The third kappa shape index (κ3) is 3.79. The molecule has 21 heavy (non-hydrogen) atoms. The van der Waals surface area contributed by atoms with E-state index >= 15 is 0 Å². The number of hydrogen-bond donors (Lipinski definition) is 1. The third-order valence-corrected chi connectivity index (χ3v) is 5.32. The topological polar surface area (TPSA) is 21.3 Å². The van der Waals surface area contributed by atoms with Crippen molar-refractivity contribution in [3.63, 3.8) is 0 Å². The van der Waals surface area contributed by atoms with Crippen molar-refractivity contribution in [2.45, 2.75) is 63.8 Å². The lowest BCUT2D eigenvalue weighted by Crippen LogP contribution is -2.26. The van der Waals surface area contributed by atoms with E-state index in [9.17, 15) is 0 Å². The van der Waals surface area contributed by atoms with E-state index in [0.717, 1.165) is 18.2 Å². The molecule has 0 aromatic heterocycles. The molecule has 0 heterocycles. The number of hydrogen-bond acceptors (Lipinski definition) is 2. The highest BCUT2D eigenvalue weighted by Crippen LogP contribution is 2.33. The molecule has 0 saturated heterocycles. The molecule has 116 valence electrons. The minimum atomic E-state index is 0.535. The Balaban J connectivity index is 1.52. The number of aryl methyl sites for hydroxylation is 1. The van der Waals surface area contributed by atoms with Gasteiger partial charge in [-0.1, -0.05) is 31.7 Å². The fourth-order valence-electron chi connectivity index (χ4n) is 4.08. The van der Waals surface area contributed by atoms with Crippen LogP contribution in [0.5, 0.6) is 5.75 Å². The molecule has 2 aliphatic carbocycles. The predicted molar refractivity (Wildman–Crippen MR) is 87.9 cm³/mol. The molecule has 0 spiro atoms. The molecule has 1 saturated carbocycles. The Labute approximate surface area is 129 Å². The van der Waals surface area contributed by atoms with Crippen LogP contribution in [0, 0.1) is 5.92 Å². The summed E-state index contributed by atoms with van der Waals surface area (Å²) in [4.78, 5) is 0. The van der Waals surface area contributed by atoms with E-state index < -0.39 is 0 Å². The summed E-state index contributed by atoms with van der Waals surface area (Å²) in [6.07, 6.45) is 12.4. The maximum Gasteiger partial charge on any atom is 0.119 e. The summed E-state index contributed by atoms with van der Waals surface area (Å²) in [6.45, 7) is 1.16. The molecular weight excluding hydrogens is 258 g/mol. The Morgan fingerprint density at radius 1 is 1.14 bits per heavy atom. The monoisotopic (exact) mass is 287 g/mol. The molecule has 1 fully saturated rings. The minimum absolute atomic E-state index is 0.535. The second-order valence-corrected chi connectivity index (χ2v) is 6.76. The van der Waals surface area contributed by atoms with Gasteiger partial charge in [0, 0.05) is 6.04 Å². The van der Waals surface area contributed by atoms with Crippen LogP contribution in [0.15, 0.2) is 18.2 Å². The van der Waals surface area contributed by atoms with E-state index in [1.807, 2.05) is 0 Å². The van der Waals surface area contributed by atoms with Gasteiger partial charge in [0.15, 0.2) is 0 Å². The summed E-state index contributed by atoms with van der Waals surface area (Å²) in [7, 11) is 1.76. The Kier molecular flexibility index (Phi) is 5.18. The molecule has 1 aromatic rings. The van der Waals surface area contributed by atoms with Crippen molar-refractivity contribution < 1.29 is 4.74 Å². The Morgan fingerprint density at radius 2 is 2.00 bits per heavy atom. The molecular formula is C19H29NO. The maximum absolute atomic E-state index is 5.39. The fourth-order valence-corrected chi connectivity index (χ4v) is 4.08. The predicted octanol–water partition coefficient (Wildman–Crippen LogP) is 4.63. The van der Waals surface area contributed by atoms with Crippen molar-refractivity contribution in [3.8, 4) is 5.75 Å². The van der Waals surface area contributed by atoms with Crippen LogP contribution in [0.4, 0.5) is 0 Å². The Morgan fingerprint density at radius 3 is 2.81 bits per heavy atom. The highest BCUT2D eigenvalue weighted by atomic mass is 16.5. The minimum Gasteiger partial charge on any atom is -0.497 e. The first-order chi connectivity index (χ1) is 10.4. The van der Waals surface area contributed by atoms with Gasteiger partial charge in [-0.05, 0) is 67.8 Å². The molecule has 1 N–H and O–H groups in total. The Bertz CT molecular complexity index is 451. The second-order valence-electron chi connectivity index (χ2n) is 6.76. The summed E-state index contributed by atoms with van der Waals surface area (Å²) in [5.74, 6) is 2.01. The zero-order valence-corrected chi connectivity index (χ0v) is 13.4. The lowest BCUT2D eigenvalue weighted by Gasteiger charge is -2.27. The van der Waals surface area contributed by atoms with E-state index in [1.165, 1.54) is 68.9 Å². The van der Waals surface area contributed by atoms with E-state index in [-0.39, 0.29) is 0 Å². The van der Waals surface area contributed by atoms with Gasteiger partial charge >= 0.3 is 0 Å². The van der Waals surface area contributed by atoms with Crippen LogP contribution in [0.2, 0.25) is 0 Å². The standard InChI is InChI=1S/C19H29NO/c1-21-17-12-11-16-9-4-10-19(18(16)14-17)20-13-5-8-15-6-2-3-7-15/h11-12,14-15,19-20H,2-10,13H2,1H3. The number of benzene rings is 1. The lowest BCUT2D eigenvalue weighted by atomic mass is 9.87. The largest absolute Gasteiger partial charge is 0.497 e. The molecule has 1 aromatic carbocycles. The molecule has 2 aliphatic rings. The average molecular weight is 287 g/mol. The van der Waals surface area contributed by atoms with Crippen LogP contribution in [0.1, 0.15) is 68.5 Å². The number of methoxy groups -OCH3 is 1. The van der Waals surface area contributed by atoms with Crippen molar-refractivity contribution in [1.29, 1.82) is 0 Å². The molecule has 0 bridgehead atoms. The second kappa shape index (κ2) is 7.31. The zero-order valence-electron chi connectivity index (χ0n) is 13.4. The summed E-state index contributed by atoms with van der Waals surface area (Å²) in [5.41, 5.74) is 2.98. The van der Waals surface area contributed by atoms with E-state index in [4.69, 9.17) is 4.74 Å². The van der Waals surface area contributed by atoms with Gasteiger partial charge in [-0.3, -0.25) is 0 Å². The van der Waals surface area contributed by atoms with Crippen LogP contribution in [-0.4, -0.2) is 13.7 Å². The maximum atomic E-state index is 5.39. The van der Waals surface area contributed by atoms with E-state index in [0.29, 0.717) is 6.04 Å². The molecule has 0 radical (unpaired) electrons. The van der Waals surface area contributed by atoms with Gasteiger partial charge in [0.2, 0.25) is 0 Å². The molecule has 0 amide bonds. The highest BCUT2D eigenvalue weighted by Gasteiger charge is 2.20. The molecule has 0 aliphatic heterocycles. The van der Waals surface area contributed by atoms with Crippen molar-refractivity contribution >= 4 is 0 Å². The van der Waals surface area contributed by atoms with Crippen LogP contribution >= 0.6 is 0 Å².